The first-order valence-electron chi connectivity index (χ1n) is 25.0. The van der Waals surface area contributed by atoms with Gasteiger partial charge in [0.05, 0.1) is 32.0 Å². The van der Waals surface area contributed by atoms with Crippen LogP contribution in [-0.2, 0) is 51.3 Å². The molecular formula is C54H73F2N11O9. The highest BCUT2D eigenvalue weighted by atomic mass is 19.1. The Labute approximate surface area is 442 Å². The number of carbonyl (C=O) groups is 8. The summed E-state index contributed by atoms with van der Waals surface area (Å²) in [6.45, 7) is 12.9. The summed E-state index contributed by atoms with van der Waals surface area (Å²) >= 11 is 0. The highest BCUT2D eigenvalue weighted by Gasteiger charge is 2.38. The number of aliphatic hydroxyl groups excluding tert-OH is 1. The summed E-state index contributed by atoms with van der Waals surface area (Å²) in [4.78, 5) is 111. The fourth-order valence-electron chi connectivity index (χ4n) is 8.02. The van der Waals surface area contributed by atoms with Crippen LogP contribution in [0.3, 0.4) is 0 Å². The van der Waals surface area contributed by atoms with E-state index in [1.54, 1.807) is 29.0 Å². The molecular weight excluding hydrogens is 985 g/mol. The molecule has 22 heteroatoms. The number of halogens is 2. The molecule has 0 bridgehead atoms. The molecule has 0 saturated carbocycles. The first-order valence-corrected chi connectivity index (χ1v) is 25.0. The van der Waals surface area contributed by atoms with Crippen molar-refractivity contribution < 1.29 is 52.2 Å². The molecule has 412 valence electrons. The lowest BCUT2D eigenvalue weighted by Gasteiger charge is -2.41. The molecule has 76 heavy (non-hydrogen) atoms. The van der Waals surface area contributed by atoms with Gasteiger partial charge in [0.1, 0.15) is 36.4 Å². The first-order chi connectivity index (χ1) is 35.8. The number of carbonyl (C=O) groups excluding carboxylic acids is 8. The molecule has 2 aromatic heterocycles. The number of benzene rings is 2. The number of amides is 8. The highest BCUT2D eigenvalue weighted by molar-refractivity contribution is 5.96. The van der Waals surface area contributed by atoms with Crippen molar-refractivity contribution in [2.45, 2.75) is 111 Å². The molecule has 4 atom stereocenters. The van der Waals surface area contributed by atoms with Crippen molar-refractivity contribution >= 4 is 47.3 Å². The minimum atomic E-state index is -1.68. The highest BCUT2D eigenvalue weighted by Crippen LogP contribution is 2.41. The predicted molar refractivity (Wildman–Crippen MR) is 280 cm³/mol. The minimum absolute atomic E-state index is 0.00583. The number of hydrogen-bond acceptors (Lipinski definition) is 11. The number of nitrogens with two attached hydrogens (primary N) is 1. The zero-order valence-electron chi connectivity index (χ0n) is 44.4. The lowest BCUT2D eigenvalue weighted by molar-refractivity contribution is -0.140. The third-order valence-corrected chi connectivity index (χ3v) is 12.8. The van der Waals surface area contributed by atoms with Gasteiger partial charge in [-0.2, -0.15) is 0 Å². The van der Waals surface area contributed by atoms with Crippen LogP contribution in [0.2, 0.25) is 0 Å². The quantitative estimate of drug-likeness (QED) is 0.0372. The third-order valence-electron chi connectivity index (χ3n) is 12.8. The van der Waals surface area contributed by atoms with Gasteiger partial charge in [-0.05, 0) is 86.1 Å². The van der Waals surface area contributed by atoms with E-state index < -0.39 is 102 Å². The molecule has 0 spiro atoms. The Kier molecular flexibility index (Phi) is 22.7. The molecule has 0 aliphatic carbocycles. The van der Waals surface area contributed by atoms with Crippen LogP contribution in [0.5, 0.6) is 0 Å². The van der Waals surface area contributed by atoms with Gasteiger partial charge in [0.15, 0.2) is 0 Å². The number of pyridine rings is 1. The molecule has 10 N–H and O–H groups in total. The van der Waals surface area contributed by atoms with Crippen LogP contribution in [0.15, 0.2) is 85.3 Å². The van der Waals surface area contributed by atoms with Gasteiger partial charge in [0, 0.05) is 67.1 Å². The summed E-state index contributed by atoms with van der Waals surface area (Å²) < 4.78 is 31.8. The molecule has 0 unspecified atom stereocenters. The molecule has 8 amide bonds. The number of nitrogens with zero attached hydrogens (tertiary/aromatic N) is 3. The first kappa shape index (κ1) is 61.0. The van der Waals surface area contributed by atoms with Crippen LogP contribution in [0, 0.1) is 23.0 Å². The summed E-state index contributed by atoms with van der Waals surface area (Å²) in [5.41, 5.74) is 6.51. The second-order valence-corrected chi connectivity index (χ2v) is 20.5. The van der Waals surface area contributed by atoms with Crippen molar-refractivity contribution in [2.24, 2.45) is 17.1 Å². The number of hydrogen-bond donors (Lipinski definition) is 9. The molecule has 2 heterocycles. The second kappa shape index (κ2) is 28.3. The molecule has 4 aromatic rings. The van der Waals surface area contributed by atoms with Crippen molar-refractivity contribution in [3.8, 4) is 11.1 Å². The van der Waals surface area contributed by atoms with Crippen LogP contribution in [0.4, 0.5) is 8.78 Å². The summed E-state index contributed by atoms with van der Waals surface area (Å²) in [6, 6.07) is 12.0. The Morgan fingerprint density at radius 3 is 2.04 bits per heavy atom. The summed E-state index contributed by atoms with van der Waals surface area (Å²) in [7, 11) is 0. The fourth-order valence-corrected chi connectivity index (χ4v) is 8.02. The van der Waals surface area contributed by atoms with Crippen molar-refractivity contribution in [3.05, 3.63) is 114 Å². The van der Waals surface area contributed by atoms with Crippen LogP contribution >= 0.6 is 0 Å². The molecule has 0 fully saturated rings. The van der Waals surface area contributed by atoms with Crippen LogP contribution in [-0.4, -0.2) is 130 Å². The largest absolute Gasteiger partial charge is 0.387 e. The number of rotatable bonds is 28. The Morgan fingerprint density at radius 1 is 0.737 bits per heavy atom. The zero-order chi connectivity index (χ0) is 56.3. The maximum absolute atomic E-state index is 15.4. The van der Waals surface area contributed by atoms with Crippen molar-refractivity contribution in [1.29, 1.82) is 0 Å². The Bertz CT molecular complexity index is 2640. The molecule has 2 aromatic carbocycles. The predicted octanol–water partition coefficient (Wildman–Crippen LogP) is 2.14. The van der Waals surface area contributed by atoms with Gasteiger partial charge in [-0.3, -0.25) is 43.3 Å². The van der Waals surface area contributed by atoms with Gasteiger partial charge in [0.2, 0.25) is 47.3 Å². The zero-order valence-corrected chi connectivity index (χ0v) is 44.4. The van der Waals surface area contributed by atoms with E-state index in [0.29, 0.717) is 16.8 Å². The average Bonchev–Trinajstić information content (AvgIpc) is 3.76. The molecule has 0 aliphatic heterocycles. The van der Waals surface area contributed by atoms with E-state index in [1.807, 2.05) is 78.8 Å². The number of aromatic nitrogens is 2. The van der Waals surface area contributed by atoms with E-state index in [0.717, 1.165) is 23.8 Å². The molecule has 20 nitrogen and oxygen atoms in total. The van der Waals surface area contributed by atoms with Crippen molar-refractivity contribution in [1.82, 2.24) is 51.7 Å². The number of nitrogens with one attached hydrogen (secondary N) is 7. The molecule has 4 rings (SSSR count). The second-order valence-electron chi connectivity index (χ2n) is 20.5. The van der Waals surface area contributed by atoms with E-state index in [4.69, 9.17) is 5.73 Å². The van der Waals surface area contributed by atoms with E-state index in [9.17, 15) is 47.9 Å². The number of aliphatic hydroxyl groups is 1. The minimum Gasteiger partial charge on any atom is -0.387 e. The monoisotopic (exact) mass is 1060 g/mol. The maximum Gasteiger partial charge on any atom is 0.248 e. The van der Waals surface area contributed by atoms with Gasteiger partial charge in [-0.1, -0.05) is 65.0 Å². The van der Waals surface area contributed by atoms with E-state index in [1.165, 1.54) is 24.2 Å². The fraction of sp³-hybridized carbons (Fsp3) is 0.463. The normalized spacial score (nSPS) is 13.1. The number of primary amides is 1. The summed E-state index contributed by atoms with van der Waals surface area (Å²) in [5, 5.41) is 28.9. The van der Waals surface area contributed by atoms with Crippen LogP contribution in [0.1, 0.15) is 91.1 Å². The van der Waals surface area contributed by atoms with Crippen molar-refractivity contribution in [2.75, 3.05) is 39.3 Å². The SMILES string of the molecule is CC(C)C(C)(C)NCC(=O)NCCNC(=O)[C@H](CCN(C(=O)CO)[C@@H](c1cc(-c2cc(F)ccc2F)cn1Cc1ccccc1)C(C)(C)C)NC(=O)[C@H](CC(N)=O)NC(=O)CNC(=O)[C@@H](C)NC(=O)Cc1ccncc1. The Balaban J connectivity index is 1.62. The van der Waals surface area contributed by atoms with Gasteiger partial charge in [-0.15, -0.1) is 0 Å². The summed E-state index contributed by atoms with van der Waals surface area (Å²) in [6.07, 6.45) is 3.55. The topological polar surface area (TPSA) is 288 Å². The Hall–Kier alpha value is -7.59. The van der Waals surface area contributed by atoms with E-state index in [-0.39, 0.29) is 68.5 Å². The van der Waals surface area contributed by atoms with E-state index in [2.05, 4.69) is 42.2 Å². The molecule has 0 radical (unpaired) electrons. The third kappa shape index (κ3) is 19.0. The lowest BCUT2D eigenvalue weighted by atomic mass is 9.82. The lowest BCUT2D eigenvalue weighted by Crippen LogP contribution is -2.57. The van der Waals surface area contributed by atoms with Gasteiger partial charge in [0.25, 0.3) is 0 Å². The molecule has 0 aliphatic rings. The van der Waals surface area contributed by atoms with Gasteiger partial charge < -0.3 is 57.5 Å². The average molecular weight is 1060 g/mol. The smallest absolute Gasteiger partial charge is 0.248 e. The van der Waals surface area contributed by atoms with E-state index >= 15 is 4.39 Å². The molecule has 0 saturated heterocycles. The standard InChI is InChI=1S/C54H73F2N11O9/c1-33(2)54(7,8)62-29-46(71)59-21-22-60-51(75)41(65-52(76)42(27-44(57)69)64-47(72)28-61-50(74)34(3)63-45(70)24-35-16-19-58-20-17-35)18-23-67(48(73)32-68)49(53(4,5)6)43-25-37(39-26-38(55)14-15-40(39)56)31-66(43)30-36-12-10-9-11-13-36/h9-17,19-20,25-26,31,33-34,41-42,49,62,68H,18,21-24,27-30,32H2,1-8H3,(H2,57,69)(H,59,71)(H,60,75)(H,61,74)(H,63,70)(H,64,72)(H,65,76)/t34-,41+,42+,49+/m1/s1. The van der Waals surface area contributed by atoms with Crippen LogP contribution < -0.4 is 43.0 Å². The Morgan fingerprint density at radius 2 is 1.41 bits per heavy atom. The van der Waals surface area contributed by atoms with Crippen LogP contribution in [0.25, 0.3) is 11.1 Å². The van der Waals surface area contributed by atoms with Gasteiger partial charge >= 0.3 is 0 Å². The summed E-state index contributed by atoms with van der Waals surface area (Å²) in [5.74, 6) is -7.28. The maximum atomic E-state index is 15.4. The van der Waals surface area contributed by atoms with Gasteiger partial charge in [-0.25, -0.2) is 8.78 Å². The van der Waals surface area contributed by atoms with Crippen molar-refractivity contribution in [3.63, 3.8) is 0 Å².